The molecule has 1 aliphatic heterocycles. The summed E-state index contributed by atoms with van der Waals surface area (Å²) in [5.74, 6) is 0.0613. The van der Waals surface area contributed by atoms with Crippen molar-refractivity contribution in [2.75, 3.05) is 26.3 Å². The molecule has 98 valence electrons. The Morgan fingerprint density at radius 2 is 2.28 bits per heavy atom. The number of hydrogen-bond donors (Lipinski definition) is 1. The number of ether oxygens (including phenoxy) is 1. The van der Waals surface area contributed by atoms with Gasteiger partial charge in [0.25, 0.3) is 5.91 Å². The van der Waals surface area contributed by atoms with Gasteiger partial charge in [0.2, 0.25) is 0 Å². The van der Waals surface area contributed by atoms with Crippen molar-refractivity contribution in [2.45, 2.75) is 19.9 Å². The van der Waals surface area contributed by atoms with Crippen LogP contribution in [0.25, 0.3) is 0 Å². The molecule has 2 N–H and O–H groups in total. The SMILES string of the molecule is Cc1ccc(C(=O)N2CCOCC2CN)c(C)c1. The summed E-state index contributed by atoms with van der Waals surface area (Å²) in [7, 11) is 0. The normalized spacial score (nSPS) is 19.9. The molecule has 1 heterocycles. The van der Waals surface area contributed by atoms with E-state index >= 15 is 0 Å². The van der Waals surface area contributed by atoms with Gasteiger partial charge in [-0.15, -0.1) is 0 Å². The number of aryl methyl sites for hydroxylation is 2. The van der Waals surface area contributed by atoms with E-state index in [1.807, 2.05) is 36.9 Å². The van der Waals surface area contributed by atoms with Crippen LogP contribution in [-0.4, -0.2) is 43.2 Å². The number of nitrogens with two attached hydrogens (primary N) is 1. The maximum Gasteiger partial charge on any atom is 0.254 e. The highest BCUT2D eigenvalue weighted by Crippen LogP contribution is 2.16. The van der Waals surface area contributed by atoms with E-state index in [1.165, 1.54) is 5.56 Å². The molecule has 2 rings (SSSR count). The summed E-state index contributed by atoms with van der Waals surface area (Å²) in [6.07, 6.45) is 0. The molecule has 1 aromatic carbocycles. The Morgan fingerprint density at radius 1 is 1.50 bits per heavy atom. The minimum Gasteiger partial charge on any atom is -0.377 e. The van der Waals surface area contributed by atoms with Crippen LogP contribution >= 0.6 is 0 Å². The van der Waals surface area contributed by atoms with Crippen molar-refractivity contribution >= 4 is 5.91 Å². The van der Waals surface area contributed by atoms with E-state index < -0.39 is 0 Å². The number of carbonyl (C=O) groups excluding carboxylic acids is 1. The van der Waals surface area contributed by atoms with Crippen LogP contribution in [0.3, 0.4) is 0 Å². The number of rotatable bonds is 2. The fraction of sp³-hybridized carbons (Fsp3) is 0.500. The zero-order valence-corrected chi connectivity index (χ0v) is 11.0. The summed E-state index contributed by atoms with van der Waals surface area (Å²) in [4.78, 5) is 14.4. The van der Waals surface area contributed by atoms with E-state index in [1.54, 1.807) is 0 Å². The van der Waals surface area contributed by atoms with Gasteiger partial charge in [-0.1, -0.05) is 17.7 Å². The minimum atomic E-state index is -0.00745. The van der Waals surface area contributed by atoms with Crippen molar-refractivity contribution in [1.82, 2.24) is 4.90 Å². The molecule has 1 unspecified atom stereocenters. The Bertz CT molecular complexity index is 445. The molecule has 0 spiro atoms. The predicted octanol–water partition coefficient (Wildman–Crippen LogP) is 1.10. The van der Waals surface area contributed by atoms with Gasteiger partial charge in [-0.25, -0.2) is 0 Å². The summed E-state index contributed by atoms with van der Waals surface area (Å²) in [5, 5.41) is 0. The van der Waals surface area contributed by atoms with E-state index in [9.17, 15) is 4.79 Å². The average Bonchev–Trinajstić information content (AvgIpc) is 2.38. The third-order valence-corrected chi connectivity index (χ3v) is 3.37. The summed E-state index contributed by atoms with van der Waals surface area (Å²) >= 11 is 0. The van der Waals surface area contributed by atoms with Crippen molar-refractivity contribution in [3.8, 4) is 0 Å². The Kier molecular flexibility index (Phi) is 3.99. The molecule has 1 atom stereocenters. The Hall–Kier alpha value is -1.39. The van der Waals surface area contributed by atoms with Gasteiger partial charge in [0.05, 0.1) is 19.3 Å². The molecule has 0 aromatic heterocycles. The third-order valence-electron chi connectivity index (χ3n) is 3.37. The van der Waals surface area contributed by atoms with Crippen molar-refractivity contribution < 1.29 is 9.53 Å². The lowest BCUT2D eigenvalue weighted by Gasteiger charge is -2.35. The third kappa shape index (κ3) is 2.54. The lowest BCUT2D eigenvalue weighted by Crippen LogP contribution is -2.52. The molecule has 1 saturated heterocycles. The minimum absolute atomic E-state index is 0.00745. The summed E-state index contributed by atoms with van der Waals surface area (Å²) in [6.45, 7) is 6.18. The number of morpholine rings is 1. The molecule has 1 aliphatic rings. The van der Waals surface area contributed by atoms with Crippen molar-refractivity contribution in [3.05, 3.63) is 34.9 Å². The smallest absolute Gasteiger partial charge is 0.254 e. The first-order chi connectivity index (χ1) is 8.63. The van der Waals surface area contributed by atoms with Crippen LogP contribution in [0.15, 0.2) is 18.2 Å². The summed E-state index contributed by atoms with van der Waals surface area (Å²) in [5.41, 5.74) is 8.65. The monoisotopic (exact) mass is 248 g/mol. The van der Waals surface area contributed by atoms with Crippen LogP contribution in [0.4, 0.5) is 0 Å². The maximum absolute atomic E-state index is 12.5. The van der Waals surface area contributed by atoms with Gasteiger partial charge in [-0.3, -0.25) is 4.79 Å². The van der Waals surface area contributed by atoms with Crippen LogP contribution in [0.5, 0.6) is 0 Å². The van der Waals surface area contributed by atoms with E-state index in [0.717, 1.165) is 11.1 Å². The zero-order chi connectivity index (χ0) is 13.1. The van der Waals surface area contributed by atoms with E-state index in [2.05, 4.69) is 0 Å². The molecular formula is C14H20N2O2. The fourth-order valence-electron chi connectivity index (χ4n) is 2.33. The lowest BCUT2D eigenvalue weighted by molar-refractivity contribution is 0.000799. The van der Waals surface area contributed by atoms with Gasteiger partial charge < -0.3 is 15.4 Å². The number of nitrogens with zero attached hydrogens (tertiary/aromatic N) is 1. The number of carbonyl (C=O) groups is 1. The zero-order valence-electron chi connectivity index (χ0n) is 11.0. The molecular weight excluding hydrogens is 228 g/mol. The van der Waals surface area contributed by atoms with Crippen LogP contribution in [0.2, 0.25) is 0 Å². The number of amides is 1. The van der Waals surface area contributed by atoms with Gasteiger partial charge in [0.1, 0.15) is 0 Å². The number of hydrogen-bond acceptors (Lipinski definition) is 3. The molecule has 0 saturated carbocycles. The first-order valence-electron chi connectivity index (χ1n) is 6.29. The maximum atomic E-state index is 12.5. The van der Waals surface area contributed by atoms with E-state index in [0.29, 0.717) is 26.3 Å². The highest BCUT2D eigenvalue weighted by Gasteiger charge is 2.27. The Balaban J connectivity index is 2.24. The molecule has 1 fully saturated rings. The van der Waals surface area contributed by atoms with Gasteiger partial charge in [-0.2, -0.15) is 0 Å². The second-order valence-corrected chi connectivity index (χ2v) is 4.78. The Morgan fingerprint density at radius 3 is 2.94 bits per heavy atom. The molecule has 4 nitrogen and oxygen atoms in total. The van der Waals surface area contributed by atoms with E-state index in [-0.39, 0.29) is 11.9 Å². The topological polar surface area (TPSA) is 55.6 Å². The lowest BCUT2D eigenvalue weighted by atomic mass is 10.0. The van der Waals surface area contributed by atoms with E-state index in [4.69, 9.17) is 10.5 Å². The standard InChI is InChI=1S/C14H20N2O2/c1-10-3-4-13(11(2)7-10)14(17)16-5-6-18-9-12(16)8-15/h3-4,7,12H,5-6,8-9,15H2,1-2H3. The van der Waals surface area contributed by atoms with Gasteiger partial charge in [0, 0.05) is 18.7 Å². The van der Waals surface area contributed by atoms with Crippen molar-refractivity contribution in [3.63, 3.8) is 0 Å². The Labute approximate surface area is 108 Å². The summed E-state index contributed by atoms with van der Waals surface area (Å²) < 4.78 is 5.36. The second-order valence-electron chi connectivity index (χ2n) is 4.78. The highest BCUT2D eigenvalue weighted by molar-refractivity contribution is 5.96. The van der Waals surface area contributed by atoms with Crippen LogP contribution < -0.4 is 5.73 Å². The number of benzene rings is 1. The highest BCUT2D eigenvalue weighted by atomic mass is 16.5. The molecule has 4 heteroatoms. The van der Waals surface area contributed by atoms with Gasteiger partial charge in [0.15, 0.2) is 0 Å². The predicted molar refractivity (Wildman–Crippen MR) is 70.6 cm³/mol. The van der Waals surface area contributed by atoms with Gasteiger partial charge >= 0.3 is 0 Å². The summed E-state index contributed by atoms with van der Waals surface area (Å²) in [6, 6.07) is 5.89. The van der Waals surface area contributed by atoms with Crippen LogP contribution in [-0.2, 0) is 4.74 Å². The molecule has 0 bridgehead atoms. The van der Waals surface area contributed by atoms with Crippen LogP contribution in [0, 0.1) is 13.8 Å². The fourth-order valence-corrected chi connectivity index (χ4v) is 2.33. The molecule has 1 aromatic rings. The largest absolute Gasteiger partial charge is 0.377 e. The van der Waals surface area contributed by atoms with Gasteiger partial charge in [-0.05, 0) is 25.5 Å². The first-order valence-corrected chi connectivity index (χ1v) is 6.29. The molecule has 1 amide bonds. The first kappa shape index (κ1) is 13.1. The van der Waals surface area contributed by atoms with Crippen LogP contribution in [0.1, 0.15) is 21.5 Å². The second kappa shape index (κ2) is 5.50. The van der Waals surface area contributed by atoms with Crippen molar-refractivity contribution in [1.29, 1.82) is 0 Å². The molecule has 18 heavy (non-hydrogen) atoms. The molecule has 0 aliphatic carbocycles. The van der Waals surface area contributed by atoms with Crippen molar-refractivity contribution in [2.24, 2.45) is 5.73 Å². The average molecular weight is 248 g/mol. The quantitative estimate of drug-likeness (QED) is 0.852. The molecule has 0 radical (unpaired) electrons.